The molecule has 4 heterocycles. The summed E-state index contributed by atoms with van der Waals surface area (Å²) in [5.74, 6) is 2.27. The summed E-state index contributed by atoms with van der Waals surface area (Å²) in [6, 6.07) is 4.13. The number of ketones is 1. The van der Waals surface area contributed by atoms with Gasteiger partial charge in [0.2, 0.25) is 5.95 Å². The fraction of sp³-hybridized carbons (Fsp3) is 0.618. The maximum atomic E-state index is 13.5. The number of hydrogen-bond donors (Lipinski definition) is 1. The SMILES string of the molecule is CC(=O)c1c(C)c2cnc(Nc3ccc(C4CCN(CC5CCC(COS(C)(=O)=O)CC5)CC4)cn3)nc2n(C2CCCC2)c1=O. The van der Waals surface area contributed by atoms with Crippen LogP contribution < -0.4 is 10.9 Å². The number of carbonyl (C=O) groups excluding carboxylic acids is 1. The lowest BCUT2D eigenvalue weighted by molar-refractivity contribution is 0.101. The zero-order valence-electron chi connectivity index (χ0n) is 27.2. The van der Waals surface area contributed by atoms with Gasteiger partial charge in [-0.15, -0.1) is 0 Å². The van der Waals surface area contributed by atoms with Gasteiger partial charge in [-0.2, -0.15) is 13.4 Å². The van der Waals surface area contributed by atoms with Gasteiger partial charge in [0.25, 0.3) is 15.7 Å². The molecule has 3 aromatic heterocycles. The van der Waals surface area contributed by atoms with E-state index in [-0.39, 0.29) is 22.9 Å². The summed E-state index contributed by atoms with van der Waals surface area (Å²) in [7, 11) is -3.36. The first-order chi connectivity index (χ1) is 22.1. The molecule has 1 saturated heterocycles. The third kappa shape index (κ3) is 7.50. The highest BCUT2D eigenvalue weighted by Gasteiger charge is 2.28. The van der Waals surface area contributed by atoms with Gasteiger partial charge < -0.3 is 10.2 Å². The zero-order chi connectivity index (χ0) is 32.4. The fourth-order valence-corrected chi connectivity index (χ4v) is 8.20. The number of fused-ring (bicyclic) bond motifs is 1. The Kier molecular flexibility index (Phi) is 9.86. The minimum absolute atomic E-state index is 0.0316. The van der Waals surface area contributed by atoms with Crippen molar-refractivity contribution >= 4 is 38.7 Å². The summed E-state index contributed by atoms with van der Waals surface area (Å²) in [6.45, 7) is 6.82. The number of piperidine rings is 1. The van der Waals surface area contributed by atoms with Crippen molar-refractivity contribution in [3.8, 4) is 0 Å². The molecule has 3 aromatic rings. The number of hydrogen-bond acceptors (Lipinski definition) is 10. The van der Waals surface area contributed by atoms with Crippen molar-refractivity contribution in [1.29, 1.82) is 0 Å². The molecule has 0 atom stereocenters. The molecule has 0 amide bonds. The third-order valence-corrected chi connectivity index (χ3v) is 10.9. The summed E-state index contributed by atoms with van der Waals surface area (Å²) in [6.07, 6.45) is 15.2. The number of Topliss-reactive ketones (excluding diaryl/α,β-unsaturated/α-hetero) is 1. The van der Waals surface area contributed by atoms with Crippen LogP contribution in [-0.2, 0) is 14.3 Å². The second-order valence-corrected chi connectivity index (χ2v) is 15.3. The molecule has 248 valence electrons. The van der Waals surface area contributed by atoms with Crippen LogP contribution in [0.2, 0.25) is 0 Å². The number of aryl methyl sites for hydroxylation is 1. The van der Waals surface area contributed by atoms with E-state index in [1.807, 2.05) is 12.3 Å². The van der Waals surface area contributed by atoms with E-state index in [0.29, 0.717) is 47.3 Å². The predicted molar refractivity (Wildman–Crippen MR) is 178 cm³/mol. The van der Waals surface area contributed by atoms with Crippen LogP contribution in [0.3, 0.4) is 0 Å². The van der Waals surface area contributed by atoms with Crippen LogP contribution in [-0.4, -0.2) is 71.1 Å². The third-order valence-electron chi connectivity index (χ3n) is 10.3. The number of nitrogens with one attached hydrogen (secondary N) is 1. The topological polar surface area (TPSA) is 136 Å². The van der Waals surface area contributed by atoms with E-state index < -0.39 is 10.1 Å². The summed E-state index contributed by atoms with van der Waals surface area (Å²) in [5, 5.41) is 3.96. The molecule has 0 aromatic carbocycles. The van der Waals surface area contributed by atoms with Crippen LogP contribution in [0.15, 0.2) is 29.3 Å². The van der Waals surface area contributed by atoms with Crippen molar-refractivity contribution in [2.45, 2.75) is 90.0 Å². The number of pyridine rings is 2. The maximum Gasteiger partial charge on any atom is 0.264 e. The summed E-state index contributed by atoms with van der Waals surface area (Å²) in [5.41, 5.74) is 2.40. The normalized spacial score (nSPS) is 22.0. The molecule has 3 aliphatic rings. The summed E-state index contributed by atoms with van der Waals surface area (Å²) < 4.78 is 29.3. The molecular formula is C34H46N6O5S. The number of anilines is 2. The van der Waals surface area contributed by atoms with E-state index in [1.54, 1.807) is 17.7 Å². The molecule has 46 heavy (non-hydrogen) atoms. The van der Waals surface area contributed by atoms with Crippen LogP contribution in [0.1, 0.15) is 105 Å². The maximum absolute atomic E-state index is 13.5. The second kappa shape index (κ2) is 13.9. The van der Waals surface area contributed by atoms with Crippen molar-refractivity contribution in [3.05, 3.63) is 51.6 Å². The van der Waals surface area contributed by atoms with Crippen molar-refractivity contribution < 1.29 is 17.4 Å². The molecule has 2 saturated carbocycles. The van der Waals surface area contributed by atoms with Crippen molar-refractivity contribution in [2.24, 2.45) is 11.8 Å². The second-order valence-electron chi connectivity index (χ2n) is 13.7. The molecule has 1 N–H and O–H groups in total. The first-order valence-electron chi connectivity index (χ1n) is 16.8. The lowest BCUT2D eigenvalue weighted by Crippen LogP contribution is -2.37. The first-order valence-corrected chi connectivity index (χ1v) is 18.6. The number of rotatable bonds is 10. The van der Waals surface area contributed by atoms with Crippen molar-refractivity contribution in [3.63, 3.8) is 0 Å². The van der Waals surface area contributed by atoms with E-state index in [1.165, 1.54) is 12.5 Å². The lowest BCUT2D eigenvalue weighted by Gasteiger charge is -2.36. The molecule has 3 fully saturated rings. The zero-order valence-corrected chi connectivity index (χ0v) is 28.0. The van der Waals surface area contributed by atoms with Gasteiger partial charge in [0.05, 0.1) is 18.4 Å². The Hall–Kier alpha value is -3.22. The molecule has 6 rings (SSSR count). The number of likely N-dealkylation sites (tertiary alicyclic amines) is 1. The molecular weight excluding hydrogens is 604 g/mol. The molecule has 0 unspecified atom stereocenters. The Morgan fingerprint density at radius 1 is 0.978 bits per heavy atom. The standard InChI is InChI=1S/C34H46N6O5S/c1-22-29-19-36-34(38-32(29)40(28-6-4-5-7-28)33(42)31(22)23(2)41)37-30-13-12-27(18-35-30)26-14-16-39(17-15-26)20-24-8-10-25(11-9-24)21-45-46(3,43)44/h12-13,18-19,24-26,28H,4-11,14-17,20-21H2,1-3H3,(H,35,36,37,38). The van der Waals surface area contributed by atoms with E-state index in [9.17, 15) is 18.0 Å². The fourth-order valence-electron chi connectivity index (χ4n) is 7.76. The largest absolute Gasteiger partial charge is 0.309 e. The van der Waals surface area contributed by atoms with Gasteiger partial charge >= 0.3 is 0 Å². The average molecular weight is 651 g/mol. The van der Waals surface area contributed by atoms with Gasteiger partial charge in [-0.05, 0) is 113 Å². The Morgan fingerprint density at radius 3 is 2.30 bits per heavy atom. The molecule has 12 heteroatoms. The van der Waals surface area contributed by atoms with Gasteiger partial charge in [0, 0.05) is 30.4 Å². The van der Waals surface area contributed by atoms with Gasteiger partial charge in [0.15, 0.2) is 5.78 Å². The minimum Gasteiger partial charge on any atom is -0.309 e. The number of nitrogens with zero attached hydrogens (tertiary/aromatic N) is 5. The monoisotopic (exact) mass is 650 g/mol. The van der Waals surface area contributed by atoms with Crippen molar-refractivity contribution in [2.75, 3.05) is 37.8 Å². The van der Waals surface area contributed by atoms with Gasteiger partial charge in [0.1, 0.15) is 11.5 Å². The van der Waals surface area contributed by atoms with E-state index in [2.05, 4.69) is 26.3 Å². The van der Waals surface area contributed by atoms with Crippen LogP contribution >= 0.6 is 0 Å². The number of aromatic nitrogens is 4. The molecule has 11 nitrogen and oxygen atoms in total. The Balaban J connectivity index is 1.06. The van der Waals surface area contributed by atoms with Crippen LogP contribution in [0.25, 0.3) is 11.0 Å². The Labute approximate surface area is 271 Å². The van der Waals surface area contributed by atoms with E-state index in [4.69, 9.17) is 9.17 Å². The average Bonchev–Trinajstić information content (AvgIpc) is 3.56. The highest BCUT2D eigenvalue weighted by atomic mass is 32.2. The lowest BCUT2D eigenvalue weighted by atomic mass is 9.81. The van der Waals surface area contributed by atoms with Crippen LogP contribution in [0.5, 0.6) is 0 Å². The van der Waals surface area contributed by atoms with Gasteiger partial charge in [-0.25, -0.2) is 9.97 Å². The highest BCUT2D eigenvalue weighted by molar-refractivity contribution is 7.85. The minimum atomic E-state index is -3.36. The Morgan fingerprint density at radius 2 is 1.67 bits per heavy atom. The first kappa shape index (κ1) is 32.7. The molecule has 1 aliphatic heterocycles. The smallest absolute Gasteiger partial charge is 0.264 e. The van der Waals surface area contributed by atoms with Gasteiger partial charge in [-0.1, -0.05) is 18.9 Å². The van der Waals surface area contributed by atoms with E-state index in [0.717, 1.165) is 95.5 Å². The molecule has 2 aliphatic carbocycles. The van der Waals surface area contributed by atoms with Gasteiger partial charge in [-0.3, -0.25) is 18.3 Å². The highest BCUT2D eigenvalue weighted by Crippen LogP contribution is 2.34. The quantitative estimate of drug-likeness (QED) is 0.221. The summed E-state index contributed by atoms with van der Waals surface area (Å²) >= 11 is 0. The number of carbonyl (C=O) groups is 1. The molecule has 0 spiro atoms. The van der Waals surface area contributed by atoms with Crippen LogP contribution in [0.4, 0.5) is 11.8 Å². The summed E-state index contributed by atoms with van der Waals surface area (Å²) in [4.78, 5) is 42.5. The Bertz CT molecular complexity index is 1720. The van der Waals surface area contributed by atoms with Crippen LogP contribution in [0, 0.1) is 18.8 Å². The molecule has 0 bridgehead atoms. The van der Waals surface area contributed by atoms with Crippen molar-refractivity contribution in [1.82, 2.24) is 24.4 Å². The van der Waals surface area contributed by atoms with E-state index >= 15 is 0 Å². The molecule has 0 radical (unpaired) electrons. The predicted octanol–water partition coefficient (Wildman–Crippen LogP) is 5.52.